The third-order valence-corrected chi connectivity index (χ3v) is 3.23. The molecule has 0 aliphatic heterocycles. The first-order chi connectivity index (χ1) is 5.06. The summed E-state index contributed by atoms with van der Waals surface area (Å²) < 4.78 is 0.453. The van der Waals surface area contributed by atoms with Crippen LogP contribution >= 0.6 is 27.7 Å². The summed E-state index contributed by atoms with van der Waals surface area (Å²) in [5, 5.41) is 1.16. The first-order valence-corrected chi connectivity index (χ1v) is 6.37. The van der Waals surface area contributed by atoms with Crippen LogP contribution in [0.3, 0.4) is 0 Å². The van der Waals surface area contributed by atoms with Gasteiger partial charge in [0, 0.05) is 10.1 Å². The van der Waals surface area contributed by atoms with Crippen LogP contribution in [0, 0.1) is 0 Å². The Labute approximate surface area is 83.6 Å². The second-order valence-corrected chi connectivity index (χ2v) is 6.43. The van der Waals surface area contributed by atoms with Crippen molar-refractivity contribution in [2.24, 2.45) is 0 Å². The third kappa shape index (κ3) is 10.8. The summed E-state index contributed by atoms with van der Waals surface area (Å²) in [6, 6.07) is 0. The molecule has 0 fully saturated rings. The van der Waals surface area contributed by atoms with E-state index < -0.39 is 0 Å². The summed E-state index contributed by atoms with van der Waals surface area (Å²) >= 11 is 5.50. The Bertz CT molecular complexity index is 86.1. The lowest BCUT2D eigenvalue weighted by atomic mass is 10.3. The number of hydrogen-bond acceptors (Lipinski definition) is 1. The van der Waals surface area contributed by atoms with Crippen LogP contribution in [0.2, 0.25) is 0 Å². The Morgan fingerprint density at radius 1 is 1.09 bits per heavy atom. The lowest BCUT2D eigenvalue weighted by molar-refractivity contribution is 0.768. The van der Waals surface area contributed by atoms with Gasteiger partial charge in [-0.05, 0) is 18.6 Å². The number of rotatable bonds is 5. The van der Waals surface area contributed by atoms with Gasteiger partial charge in [0.05, 0.1) is 0 Å². The number of alkyl halides is 1. The summed E-state index contributed by atoms with van der Waals surface area (Å²) in [4.78, 5) is 0. The molecule has 0 N–H and O–H groups in total. The minimum atomic E-state index is 0.453. The zero-order chi connectivity index (χ0) is 8.74. The lowest BCUT2D eigenvalue weighted by Gasteiger charge is -2.16. The van der Waals surface area contributed by atoms with Crippen molar-refractivity contribution in [2.75, 3.05) is 11.1 Å². The quantitative estimate of drug-likeness (QED) is 0.514. The fourth-order valence-electron chi connectivity index (χ4n) is 0.752. The van der Waals surface area contributed by atoms with Gasteiger partial charge in [-0.3, -0.25) is 0 Å². The van der Waals surface area contributed by atoms with Gasteiger partial charge in [0.1, 0.15) is 0 Å². The van der Waals surface area contributed by atoms with E-state index in [9.17, 15) is 0 Å². The van der Waals surface area contributed by atoms with E-state index in [0.29, 0.717) is 4.75 Å². The number of thioether (sulfide) groups is 1. The van der Waals surface area contributed by atoms with Crippen molar-refractivity contribution in [3.63, 3.8) is 0 Å². The zero-order valence-electron chi connectivity index (χ0n) is 7.82. The molecular formula is C9H19BrS. The molecule has 0 saturated carbocycles. The van der Waals surface area contributed by atoms with Gasteiger partial charge in [-0.25, -0.2) is 0 Å². The number of halogens is 1. The molecular weight excluding hydrogens is 220 g/mol. The topological polar surface area (TPSA) is 0 Å². The van der Waals surface area contributed by atoms with E-state index in [4.69, 9.17) is 0 Å². The average molecular weight is 239 g/mol. The van der Waals surface area contributed by atoms with Crippen molar-refractivity contribution in [1.82, 2.24) is 0 Å². The molecule has 0 spiro atoms. The predicted octanol–water partition coefficient (Wildman–Crippen LogP) is 4.08. The molecule has 0 aromatic carbocycles. The van der Waals surface area contributed by atoms with Crippen molar-refractivity contribution in [1.29, 1.82) is 0 Å². The van der Waals surface area contributed by atoms with Crippen LogP contribution in [0.15, 0.2) is 0 Å². The van der Waals surface area contributed by atoms with E-state index in [1.54, 1.807) is 0 Å². The summed E-state index contributed by atoms with van der Waals surface area (Å²) in [7, 11) is 0. The lowest BCUT2D eigenvalue weighted by Crippen LogP contribution is -2.08. The van der Waals surface area contributed by atoms with Gasteiger partial charge in [-0.1, -0.05) is 43.1 Å². The molecule has 0 aliphatic rings. The maximum absolute atomic E-state index is 3.43. The summed E-state index contributed by atoms with van der Waals surface area (Å²) in [5.41, 5.74) is 0. The van der Waals surface area contributed by atoms with Gasteiger partial charge < -0.3 is 0 Å². The summed E-state index contributed by atoms with van der Waals surface area (Å²) in [6.45, 7) is 6.84. The molecule has 0 saturated heterocycles. The maximum Gasteiger partial charge on any atom is 0.00750 e. The second-order valence-electron chi connectivity index (χ2n) is 3.71. The van der Waals surface area contributed by atoms with Gasteiger partial charge in [0.25, 0.3) is 0 Å². The minimum absolute atomic E-state index is 0.453. The number of unbranched alkanes of at least 4 members (excludes halogenated alkanes) is 2. The molecule has 11 heavy (non-hydrogen) atoms. The van der Waals surface area contributed by atoms with Crippen LogP contribution in [0.4, 0.5) is 0 Å². The second kappa shape index (κ2) is 6.36. The van der Waals surface area contributed by atoms with Crippen molar-refractivity contribution in [3.8, 4) is 0 Å². The Kier molecular flexibility index (Phi) is 6.84. The van der Waals surface area contributed by atoms with Crippen LogP contribution in [0.5, 0.6) is 0 Å². The highest BCUT2D eigenvalue weighted by molar-refractivity contribution is 9.09. The average Bonchev–Trinajstić information content (AvgIpc) is 1.85. The molecule has 2 heteroatoms. The monoisotopic (exact) mass is 238 g/mol. The van der Waals surface area contributed by atoms with Crippen LogP contribution in [0.1, 0.15) is 40.0 Å². The van der Waals surface area contributed by atoms with Crippen LogP contribution in [-0.4, -0.2) is 15.8 Å². The SMILES string of the molecule is CC(C)(C)SCCCCCBr. The molecule has 0 radical (unpaired) electrons. The first kappa shape index (κ1) is 11.8. The highest BCUT2D eigenvalue weighted by Gasteiger charge is 2.08. The van der Waals surface area contributed by atoms with Crippen molar-refractivity contribution >= 4 is 27.7 Å². The van der Waals surface area contributed by atoms with E-state index >= 15 is 0 Å². The molecule has 0 heterocycles. The highest BCUT2D eigenvalue weighted by Crippen LogP contribution is 2.24. The predicted molar refractivity (Wildman–Crippen MR) is 59.9 cm³/mol. The van der Waals surface area contributed by atoms with Gasteiger partial charge >= 0.3 is 0 Å². The molecule has 0 atom stereocenters. The Balaban J connectivity index is 3.02. The maximum atomic E-state index is 3.43. The van der Waals surface area contributed by atoms with Gasteiger partial charge in [-0.2, -0.15) is 11.8 Å². The third-order valence-electron chi connectivity index (χ3n) is 1.31. The van der Waals surface area contributed by atoms with Gasteiger partial charge in [0.2, 0.25) is 0 Å². The molecule has 0 bridgehead atoms. The van der Waals surface area contributed by atoms with Crippen molar-refractivity contribution in [3.05, 3.63) is 0 Å². The van der Waals surface area contributed by atoms with Crippen LogP contribution in [0.25, 0.3) is 0 Å². The Hall–Kier alpha value is 0.830. The molecule has 0 aromatic rings. The van der Waals surface area contributed by atoms with E-state index in [1.165, 1.54) is 25.0 Å². The Morgan fingerprint density at radius 2 is 1.73 bits per heavy atom. The highest BCUT2D eigenvalue weighted by atomic mass is 79.9. The fourth-order valence-corrected chi connectivity index (χ4v) is 2.11. The van der Waals surface area contributed by atoms with E-state index in [-0.39, 0.29) is 0 Å². The molecule has 0 amide bonds. The zero-order valence-corrected chi connectivity index (χ0v) is 10.2. The normalized spacial score (nSPS) is 12.0. The summed E-state index contributed by atoms with van der Waals surface area (Å²) in [5.74, 6) is 1.32. The summed E-state index contributed by atoms with van der Waals surface area (Å²) in [6.07, 6.45) is 4.06. The Morgan fingerprint density at radius 3 is 2.18 bits per heavy atom. The van der Waals surface area contributed by atoms with E-state index in [2.05, 4.69) is 48.5 Å². The smallest absolute Gasteiger partial charge is 0.00750 e. The minimum Gasteiger partial charge on any atom is -0.156 e. The molecule has 0 aliphatic carbocycles. The molecule has 0 aromatic heterocycles. The van der Waals surface area contributed by atoms with Gasteiger partial charge in [0.15, 0.2) is 0 Å². The number of hydrogen-bond donors (Lipinski definition) is 0. The van der Waals surface area contributed by atoms with Gasteiger partial charge in [-0.15, -0.1) is 0 Å². The standard InChI is InChI=1S/C9H19BrS/c1-9(2,3)11-8-6-4-5-7-10/h4-8H2,1-3H3. The van der Waals surface area contributed by atoms with Crippen molar-refractivity contribution < 1.29 is 0 Å². The largest absolute Gasteiger partial charge is 0.156 e. The first-order valence-electron chi connectivity index (χ1n) is 4.26. The molecule has 68 valence electrons. The molecule has 0 unspecified atom stereocenters. The van der Waals surface area contributed by atoms with E-state index in [0.717, 1.165) is 5.33 Å². The van der Waals surface area contributed by atoms with E-state index in [1.807, 2.05) is 0 Å². The molecule has 0 nitrogen and oxygen atoms in total. The molecule has 0 rings (SSSR count). The van der Waals surface area contributed by atoms with Crippen molar-refractivity contribution in [2.45, 2.75) is 44.8 Å². The van der Waals surface area contributed by atoms with Crippen LogP contribution in [-0.2, 0) is 0 Å². The van der Waals surface area contributed by atoms with Crippen LogP contribution < -0.4 is 0 Å². The fraction of sp³-hybridized carbons (Fsp3) is 1.00.